The zero-order valence-corrected chi connectivity index (χ0v) is 11.4. The molecule has 2 aromatic carbocycles. The third-order valence-corrected chi connectivity index (χ3v) is 2.85. The second-order valence-electron chi connectivity index (χ2n) is 4.43. The first-order valence-corrected chi connectivity index (χ1v) is 6.49. The molecule has 0 saturated carbocycles. The van der Waals surface area contributed by atoms with Crippen molar-refractivity contribution in [3.05, 3.63) is 60.2 Å². The number of hydrogen-bond acceptors (Lipinski definition) is 3. The molecule has 20 heavy (non-hydrogen) atoms. The zero-order chi connectivity index (χ0) is 14.4. The average molecular weight is 270 g/mol. The van der Waals surface area contributed by atoms with E-state index in [2.05, 4.69) is 5.32 Å². The highest BCUT2D eigenvalue weighted by Gasteiger charge is 2.13. The molecule has 2 rings (SSSR count). The van der Waals surface area contributed by atoms with Crippen LogP contribution in [0.25, 0.3) is 0 Å². The molecule has 0 fully saturated rings. The molecule has 0 spiro atoms. The summed E-state index contributed by atoms with van der Waals surface area (Å²) >= 11 is 0. The second kappa shape index (κ2) is 6.73. The third-order valence-electron chi connectivity index (χ3n) is 2.85. The molecule has 4 nitrogen and oxygen atoms in total. The molecule has 0 aromatic heterocycles. The average Bonchev–Trinajstić information content (AvgIpc) is 2.46. The van der Waals surface area contributed by atoms with E-state index in [9.17, 15) is 4.79 Å². The highest BCUT2D eigenvalue weighted by molar-refractivity contribution is 5.90. The lowest BCUT2D eigenvalue weighted by Gasteiger charge is -2.20. The Kier molecular flexibility index (Phi) is 4.74. The number of hydrogen-bond donors (Lipinski definition) is 2. The van der Waals surface area contributed by atoms with Gasteiger partial charge in [-0.1, -0.05) is 42.5 Å². The first kappa shape index (κ1) is 14.1. The summed E-state index contributed by atoms with van der Waals surface area (Å²) < 4.78 is 5.94. The largest absolute Gasteiger partial charge is 0.482 e. The van der Waals surface area contributed by atoms with Crippen LogP contribution in [-0.2, 0) is 4.79 Å². The molecule has 0 saturated heterocycles. The van der Waals surface area contributed by atoms with Gasteiger partial charge in [-0.2, -0.15) is 0 Å². The van der Waals surface area contributed by atoms with Gasteiger partial charge in [-0.25, -0.2) is 0 Å². The Bertz CT molecular complexity index is 570. The predicted molar refractivity (Wildman–Crippen MR) is 79.6 cm³/mol. The molecule has 0 aliphatic rings. The number of ether oxygens (including phenoxy) is 1. The fourth-order valence-corrected chi connectivity index (χ4v) is 1.94. The van der Waals surface area contributed by atoms with Crippen LogP contribution in [0, 0.1) is 0 Å². The molecule has 2 aromatic rings. The summed E-state index contributed by atoms with van der Waals surface area (Å²) in [5.41, 5.74) is 7.45. The Balaban J connectivity index is 2.22. The number of rotatable bonds is 5. The molecular weight excluding hydrogens is 252 g/mol. The quantitative estimate of drug-likeness (QED) is 0.878. The molecule has 1 amide bonds. The van der Waals surface area contributed by atoms with Crippen LogP contribution < -0.4 is 15.8 Å². The standard InChI is InChI=1S/C16H18N2O2/c1-12(19)18-14-9-5-6-10-15(14)20-16(11-17)13-7-3-2-4-8-13/h2-10,16H,11,17H2,1H3,(H,18,19). The van der Waals surface area contributed by atoms with Crippen molar-refractivity contribution in [2.24, 2.45) is 5.73 Å². The molecule has 4 heteroatoms. The highest BCUT2D eigenvalue weighted by Crippen LogP contribution is 2.28. The lowest BCUT2D eigenvalue weighted by molar-refractivity contribution is -0.114. The fourth-order valence-electron chi connectivity index (χ4n) is 1.94. The van der Waals surface area contributed by atoms with Gasteiger partial charge in [-0.05, 0) is 17.7 Å². The van der Waals surface area contributed by atoms with E-state index in [-0.39, 0.29) is 12.0 Å². The van der Waals surface area contributed by atoms with Crippen molar-refractivity contribution in [3.8, 4) is 5.75 Å². The van der Waals surface area contributed by atoms with Gasteiger partial charge in [0.2, 0.25) is 5.91 Å². The second-order valence-corrected chi connectivity index (χ2v) is 4.43. The van der Waals surface area contributed by atoms with Gasteiger partial charge in [-0.3, -0.25) is 4.79 Å². The topological polar surface area (TPSA) is 64.3 Å². The molecule has 104 valence electrons. The van der Waals surface area contributed by atoms with E-state index < -0.39 is 0 Å². The van der Waals surface area contributed by atoms with E-state index in [1.54, 1.807) is 6.07 Å². The van der Waals surface area contributed by atoms with Crippen molar-refractivity contribution >= 4 is 11.6 Å². The zero-order valence-electron chi connectivity index (χ0n) is 11.4. The Labute approximate surface area is 118 Å². The molecule has 0 aliphatic carbocycles. The van der Waals surface area contributed by atoms with Gasteiger partial charge in [0.05, 0.1) is 5.69 Å². The maximum atomic E-state index is 11.2. The van der Waals surface area contributed by atoms with Crippen molar-refractivity contribution in [1.29, 1.82) is 0 Å². The first-order chi connectivity index (χ1) is 9.70. The van der Waals surface area contributed by atoms with Crippen LogP contribution in [0.1, 0.15) is 18.6 Å². The Morgan fingerprint density at radius 2 is 1.80 bits per heavy atom. The molecule has 3 N–H and O–H groups in total. The van der Waals surface area contributed by atoms with Crippen LogP contribution >= 0.6 is 0 Å². The van der Waals surface area contributed by atoms with E-state index in [4.69, 9.17) is 10.5 Å². The molecule has 0 bridgehead atoms. The summed E-state index contributed by atoms with van der Waals surface area (Å²) in [6, 6.07) is 17.1. The van der Waals surface area contributed by atoms with E-state index in [1.807, 2.05) is 48.5 Å². The molecular formula is C16H18N2O2. The Hall–Kier alpha value is -2.33. The normalized spacial score (nSPS) is 11.7. The Morgan fingerprint density at radius 3 is 2.45 bits per heavy atom. The maximum Gasteiger partial charge on any atom is 0.221 e. The van der Waals surface area contributed by atoms with Gasteiger partial charge in [0.15, 0.2) is 0 Å². The van der Waals surface area contributed by atoms with Gasteiger partial charge >= 0.3 is 0 Å². The van der Waals surface area contributed by atoms with Crippen LogP contribution in [0.2, 0.25) is 0 Å². The minimum Gasteiger partial charge on any atom is -0.482 e. The van der Waals surface area contributed by atoms with Crippen molar-refractivity contribution < 1.29 is 9.53 Å². The number of para-hydroxylation sites is 2. The third kappa shape index (κ3) is 3.59. The SMILES string of the molecule is CC(=O)Nc1ccccc1OC(CN)c1ccccc1. The number of carbonyl (C=O) groups is 1. The number of carbonyl (C=O) groups excluding carboxylic acids is 1. The maximum absolute atomic E-state index is 11.2. The molecule has 1 unspecified atom stereocenters. The molecule has 0 heterocycles. The molecule has 1 atom stereocenters. The van der Waals surface area contributed by atoms with Gasteiger partial charge in [0, 0.05) is 13.5 Å². The van der Waals surface area contributed by atoms with Gasteiger partial charge in [0.25, 0.3) is 0 Å². The van der Waals surface area contributed by atoms with Crippen LogP contribution in [-0.4, -0.2) is 12.5 Å². The lowest BCUT2D eigenvalue weighted by atomic mass is 10.1. The number of benzene rings is 2. The summed E-state index contributed by atoms with van der Waals surface area (Å²) in [6.45, 7) is 1.83. The van der Waals surface area contributed by atoms with Crippen LogP contribution in [0.5, 0.6) is 5.75 Å². The smallest absolute Gasteiger partial charge is 0.221 e. The minimum absolute atomic E-state index is 0.134. The van der Waals surface area contributed by atoms with Gasteiger partial charge in [0.1, 0.15) is 11.9 Å². The fraction of sp³-hybridized carbons (Fsp3) is 0.188. The van der Waals surface area contributed by atoms with E-state index in [1.165, 1.54) is 6.92 Å². The van der Waals surface area contributed by atoms with Gasteiger partial charge < -0.3 is 15.8 Å². The van der Waals surface area contributed by atoms with Crippen molar-refractivity contribution in [2.45, 2.75) is 13.0 Å². The van der Waals surface area contributed by atoms with Crippen molar-refractivity contribution in [2.75, 3.05) is 11.9 Å². The summed E-state index contributed by atoms with van der Waals surface area (Å²) in [5, 5.41) is 2.75. The Morgan fingerprint density at radius 1 is 1.15 bits per heavy atom. The van der Waals surface area contributed by atoms with E-state index in [0.29, 0.717) is 18.0 Å². The molecule has 0 radical (unpaired) electrons. The monoisotopic (exact) mass is 270 g/mol. The van der Waals surface area contributed by atoms with Crippen LogP contribution in [0.4, 0.5) is 5.69 Å². The summed E-state index contributed by atoms with van der Waals surface area (Å²) in [5.74, 6) is 0.479. The lowest BCUT2D eigenvalue weighted by Crippen LogP contribution is -2.19. The highest BCUT2D eigenvalue weighted by atomic mass is 16.5. The summed E-state index contributed by atoms with van der Waals surface area (Å²) in [6.07, 6.45) is -0.244. The van der Waals surface area contributed by atoms with Crippen molar-refractivity contribution in [1.82, 2.24) is 0 Å². The van der Waals surface area contributed by atoms with Gasteiger partial charge in [-0.15, -0.1) is 0 Å². The minimum atomic E-state index is -0.244. The molecule has 0 aliphatic heterocycles. The number of anilines is 1. The van der Waals surface area contributed by atoms with Crippen LogP contribution in [0.15, 0.2) is 54.6 Å². The van der Waals surface area contributed by atoms with E-state index in [0.717, 1.165) is 5.56 Å². The summed E-state index contributed by atoms with van der Waals surface area (Å²) in [4.78, 5) is 11.2. The van der Waals surface area contributed by atoms with E-state index >= 15 is 0 Å². The predicted octanol–water partition coefficient (Wildman–Crippen LogP) is 2.72. The number of amides is 1. The number of nitrogens with two attached hydrogens (primary N) is 1. The summed E-state index contributed by atoms with van der Waals surface area (Å²) in [7, 11) is 0. The first-order valence-electron chi connectivity index (χ1n) is 6.49. The van der Waals surface area contributed by atoms with Crippen molar-refractivity contribution in [3.63, 3.8) is 0 Å². The number of nitrogens with one attached hydrogen (secondary N) is 1. The van der Waals surface area contributed by atoms with Crippen LogP contribution in [0.3, 0.4) is 0 Å².